The summed E-state index contributed by atoms with van der Waals surface area (Å²) < 4.78 is 4.74. The molecule has 2 nitrogen and oxygen atoms in total. The first kappa shape index (κ1) is 14.0. The van der Waals surface area contributed by atoms with Crippen LogP contribution in [0.25, 0.3) is 0 Å². The van der Waals surface area contributed by atoms with E-state index in [4.69, 9.17) is 16.3 Å². The van der Waals surface area contributed by atoms with Gasteiger partial charge in [-0.15, -0.1) is 0 Å². The van der Waals surface area contributed by atoms with E-state index in [1.54, 1.807) is 0 Å². The molecule has 1 atom stereocenters. The van der Waals surface area contributed by atoms with Gasteiger partial charge < -0.3 is 4.74 Å². The van der Waals surface area contributed by atoms with Crippen LogP contribution in [0.5, 0.6) is 0 Å². The molecule has 0 fully saturated rings. The van der Waals surface area contributed by atoms with Crippen molar-refractivity contribution in [3.05, 3.63) is 34.9 Å². The average molecular weight is 255 g/mol. The van der Waals surface area contributed by atoms with E-state index in [0.717, 1.165) is 17.0 Å². The molecule has 0 N–H and O–H groups in total. The van der Waals surface area contributed by atoms with E-state index in [2.05, 4.69) is 13.8 Å². The fourth-order valence-corrected chi connectivity index (χ4v) is 2.05. The molecule has 0 aromatic heterocycles. The standard InChI is InChI=1S/C14H19ClO2/c1-10(2)8-12(9-14(16)17-3)11-4-6-13(15)7-5-11/h4-7,10,12H,8-9H2,1-3H3. The van der Waals surface area contributed by atoms with E-state index < -0.39 is 0 Å². The largest absolute Gasteiger partial charge is 0.469 e. The Balaban J connectivity index is 2.81. The zero-order valence-corrected chi connectivity index (χ0v) is 11.3. The first-order chi connectivity index (χ1) is 8.02. The minimum Gasteiger partial charge on any atom is -0.469 e. The van der Waals surface area contributed by atoms with Crippen molar-refractivity contribution in [2.24, 2.45) is 5.92 Å². The van der Waals surface area contributed by atoms with Crippen molar-refractivity contribution in [1.82, 2.24) is 0 Å². The monoisotopic (exact) mass is 254 g/mol. The summed E-state index contributed by atoms with van der Waals surface area (Å²) >= 11 is 5.86. The van der Waals surface area contributed by atoms with Crippen molar-refractivity contribution in [2.75, 3.05) is 7.11 Å². The van der Waals surface area contributed by atoms with Gasteiger partial charge >= 0.3 is 5.97 Å². The lowest BCUT2D eigenvalue weighted by molar-refractivity contribution is -0.141. The summed E-state index contributed by atoms with van der Waals surface area (Å²) in [5.74, 6) is 0.589. The molecule has 3 heteroatoms. The Hall–Kier alpha value is -1.02. The minimum atomic E-state index is -0.161. The predicted molar refractivity (Wildman–Crippen MR) is 70.3 cm³/mol. The molecule has 0 saturated carbocycles. The number of rotatable bonds is 5. The van der Waals surface area contributed by atoms with Crippen LogP contribution in [-0.4, -0.2) is 13.1 Å². The van der Waals surface area contributed by atoms with Crippen molar-refractivity contribution in [3.63, 3.8) is 0 Å². The van der Waals surface area contributed by atoms with Gasteiger partial charge in [-0.1, -0.05) is 37.6 Å². The smallest absolute Gasteiger partial charge is 0.306 e. The van der Waals surface area contributed by atoms with E-state index >= 15 is 0 Å². The number of esters is 1. The Morgan fingerprint density at radius 2 is 1.88 bits per heavy atom. The summed E-state index contributed by atoms with van der Waals surface area (Å²) in [4.78, 5) is 11.4. The van der Waals surface area contributed by atoms with E-state index in [0.29, 0.717) is 12.3 Å². The molecule has 1 aromatic rings. The lowest BCUT2D eigenvalue weighted by Gasteiger charge is -2.18. The van der Waals surface area contributed by atoms with Crippen LogP contribution in [0.3, 0.4) is 0 Å². The third-order valence-corrected chi connectivity index (χ3v) is 2.99. The number of methoxy groups -OCH3 is 1. The Labute approximate surface area is 108 Å². The number of carbonyl (C=O) groups is 1. The molecule has 0 aliphatic rings. The lowest BCUT2D eigenvalue weighted by Crippen LogP contribution is -2.10. The molecule has 0 bridgehead atoms. The van der Waals surface area contributed by atoms with Crippen molar-refractivity contribution < 1.29 is 9.53 Å². The molecule has 0 radical (unpaired) electrons. The quantitative estimate of drug-likeness (QED) is 0.742. The van der Waals surface area contributed by atoms with Crippen LogP contribution in [0.4, 0.5) is 0 Å². The van der Waals surface area contributed by atoms with Crippen LogP contribution in [0.15, 0.2) is 24.3 Å². The van der Waals surface area contributed by atoms with E-state index in [1.165, 1.54) is 7.11 Å². The van der Waals surface area contributed by atoms with Crippen molar-refractivity contribution in [2.45, 2.75) is 32.6 Å². The summed E-state index contributed by atoms with van der Waals surface area (Å²) in [7, 11) is 1.43. The first-order valence-electron chi connectivity index (χ1n) is 5.85. The fourth-order valence-electron chi connectivity index (χ4n) is 1.93. The van der Waals surface area contributed by atoms with Gasteiger partial charge in [-0.25, -0.2) is 0 Å². The maximum atomic E-state index is 11.4. The Kier molecular flexibility index (Phi) is 5.49. The van der Waals surface area contributed by atoms with E-state index in [9.17, 15) is 4.79 Å². The van der Waals surface area contributed by atoms with Crippen LogP contribution < -0.4 is 0 Å². The lowest BCUT2D eigenvalue weighted by atomic mass is 9.88. The Morgan fingerprint density at radius 1 is 1.29 bits per heavy atom. The van der Waals surface area contributed by atoms with Gasteiger partial charge in [0.25, 0.3) is 0 Å². The number of benzene rings is 1. The molecular weight excluding hydrogens is 236 g/mol. The number of carbonyl (C=O) groups excluding carboxylic acids is 1. The number of hydrogen-bond acceptors (Lipinski definition) is 2. The van der Waals surface area contributed by atoms with Gasteiger partial charge in [0.1, 0.15) is 0 Å². The highest BCUT2D eigenvalue weighted by atomic mass is 35.5. The summed E-state index contributed by atoms with van der Waals surface area (Å²) in [6.45, 7) is 4.31. The second-order valence-corrected chi connectivity index (χ2v) is 5.09. The fraction of sp³-hybridized carbons (Fsp3) is 0.500. The highest BCUT2D eigenvalue weighted by Crippen LogP contribution is 2.28. The molecule has 0 aliphatic heterocycles. The predicted octanol–water partition coefficient (Wildman–Crippen LogP) is 4.03. The van der Waals surface area contributed by atoms with Gasteiger partial charge in [-0.3, -0.25) is 4.79 Å². The van der Waals surface area contributed by atoms with E-state index in [1.807, 2.05) is 24.3 Å². The molecule has 0 amide bonds. The minimum absolute atomic E-state index is 0.161. The van der Waals surface area contributed by atoms with Crippen molar-refractivity contribution >= 4 is 17.6 Å². The van der Waals surface area contributed by atoms with Gasteiger partial charge in [0.15, 0.2) is 0 Å². The molecule has 1 unspecified atom stereocenters. The molecular formula is C14H19ClO2. The van der Waals surface area contributed by atoms with Crippen LogP contribution in [0, 0.1) is 5.92 Å². The molecule has 0 saturated heterocycles. The van der Waals surface area contributed by atoms with Crippen LogP contribution in [0.2, 0.25) is 5.02 Å². The molecule has 1 aromatic carbocycles. The number of halogens is 1. The molecule has 1 rings (SSSR count). The SMILES string of the molecule is COC(=O)CC(CC(C)C)c1ccc(Cl)cc1. The molecule has 0 heterocycles. The maximum absolute atomic E-state index is 11.4. The Bertz CT molecular complexity index is 357. The van der Waals surface area contributed by atoms with Crippen LogP contribution in [-0.2, 0) is 9.53 Å². The summed E-state index contributed by atoms with van der Waals surface area (Å²) in [5, 5.41) is 0.718. The maximum Gasteiger partial charge on any atom is 0.306 e. The highest BCUT2D eigenvalue weighted by Gasteiger charge is 2.17. The summed E-state index contributed by atoms with van der Waals surface area (Å²) in [6.07, 6.45) is 1.40. The first-order valence-corrected chi connectivity index (χ1v) is 6.23. The van der Waals surface area contributed by atoms with Gasteiger partial charge in [0, 0.05) is 5.02 Å². The van der Waals surface area contributed by atoms with Crippen molar-refractivity contribution in [3.8, 4) is 0 Å². The van der Waals surface area contributed by atoms with Gasteiger partial charge in [-0.05, 0) is 36.0 Å². The zero-order valence-electron chi connectivity index (χ0n) is 10.6. The van der Waals surface area contributed by atoms with E-state index in [-0.39, 0.29) is 11.9 Å². The van der Waals surface area contributed by atoms with Gasteiger partial charge in [0.05, 0.1) is 13.5 Å². The van der Waals surface area contributed by atoms with Gasteiger partial charge in [-0.2, -0.15) is 0 Å². The molecule has 94 valence electrons. The second-order valence-electron chi connectivity index (χ2n) is 4.66. The van der Waals surface area contributed by atoms with Gasteiger partial charge in [0.2, 0.25) is 0 Å². The normalized spacial score (nSPS) is 12.5. The third-order valence-electron chi connectivity index (χ3n) is 2.74. The number of hydrogen-bond donors (Lipinski definition) is 0. The van der Waals surface area contributed by atoms with Crippen molar-refractivity contribution in [1.29, 1.82) is 0 Å². The number of ether oxygens (including phenoxy) is 1. The second kappa shape index (κ2) is 6.65. The highest BCUT2D eigenvalue weighted by molar-refractivity contribution is 6.30. The Morgan fingerprint density at radius 3 is 2.35 bits per heavy atom. The summed E-state index contributed by atoms with van der Waals surface area (Å²) in [5.41, 5.74) is 1.15. The third kappa shape index (κ3) is 4.78. The average Bonchev–Trinajstić information content (AvgIpc) is 2.28. The topological polar surface area (TPSA) is 26.3 Å². The molecule has 0 spiro atoms. The van der Waals surface area contributed by atoms with Crippen LogP contribution >= 0.6 is 11.6 Å². The zero-order chi connectivity index (χ0) is 12.8. The van der Waals surface area contributed by atoms with Crippen LogP contribution in [0.1, 0.15) is 38.2 Å². The molecule has 0 aliphatic carbocycles. The molecule has 17 heavy (non-hydrogen) atoms. The summed E-state index contributed by atoms with van der Waals surface area (Å²) in [6, 6.07) is 7.69.